The average molecular weight is 463 g/mol. The van der Waals surface area contributed by atoms with Crippen LogP contribution in [0.4, 0.5) is 0 Å². The molecule has 2 heterocycles. The van der Waals surface area contributed by atoms with Crippen molar-refractivity contribution in [1.82, 2.24) is 10.2 Å². The Balaban J connectivity index is 1.29. The molecule has 0 aromatic heterocycles. The van der Waals surface area contributed by atoms with Gasteiger partial charge < -0.3 is 14.8 Å². The topological polar surface area (TPSA) is 50.8 Å². The molecule has 1 saturated heterocycles. The van der Waals surface area contributed by atoms with Crippen LogP contribution in [0, 0.1) is 5.92 Å². The maximum absolute atomic E-state index is 13.2. The highest BCUT2D eigenvalue weighted by atomic mass is 35.5. The molecule has 6 heteroatoms. The summed E-state index contributed by atoms with van der Waals surface area (Å²) in [5, 5.41) is 3.91. The van der Waals surface area contributed by atoms with Gasteiger partial charge in [0.05, 0.1) is 5.92 Å². The van der Waals surface area contributed by atoms with E-state index >= 15 is 0 Å². The molecule has 0 spiro atoms. The van der Waals surface area contributed by atoms with E-state index in [1.54, 1.807) is 0 Å². The summed E-state index contributed by atoms with van der Waals surface area (Å²) in [7, 11) is 0. The van der Waals surface area contributed by atoms with E-state index in [0.29, 0.717) is 19.0 Å². The molecule has 2 aliphatic rings. The van der Waals surface area contributed by atoms with Crippen LogP contribution in [0.15, 0.2) is 72.8 Å². The molecule has 0 radical (unpaired) electrons. The molecule has 1 fully saturated rings. The summed E-state index contributed by atoms with van der Waals surface area (Å²) in [6, 6.07) is 24.2. The highest BCUT2D eigenvalue weighted by Gasteiger charge is 2.32. The van der Waals surface area contributed by atoms with Gasteiger partial charge in [-0.1, -0.05) is 66.2 Å². The molecule has 0 aliphatic carbocycles. The first-order chi connectivity index (χ1) is 16.2. The van der Waals surface area contributed by atoms with Crippen LogP contribution in [0.1, 0.15) is 29.0 Å². The van der Waals surface area contributed by atoms with Gasteiger partial charge in [0.2, 0.25) is 12.7 Å². The Morgan fingerprint density at radius 2 is 1.76 bits per heavy atom. The number of hydrogen-bond acceptors (Lipinski definition) is 4. The van der Waals surface area contributed by atoms with Crippen molar-refractivity contribution in [3.8, 4) is 11.5 Å². The van der Waals surface area contributed by atoms with E-state index in [-0.39, 0.29) is 18.6 Å². The highest BCUT2D eigenvalue weighted by Crippen LogP contribution is 2.34. The minimum Gasteiger partial charge on any atom is -0.454 e. The van der Waals surface area contributed by atoms with Crippen molar-refractivity contribution >= 4 is 17.5 Å². The maximum atomic E-state index is 13.2. The molecule has 1 amide bonds. The van der Waals surface area contributed by atoms with Crippen LogP contribution in [-0.2, 0) is 17.9 Å². The number of nitrogens with one attached hydrogen (secondary N) is 1. The highest BCUT2D eigenvalue weighted by molar-refractivity contribution is 6.31. The third-order valence-electron chi connectivity index (χ3n) is 6.42. The second-order valence-corrected chi connectivity index (χ2v) is 9.14. The quantitative estimate of drug-likeness (QED) is 0.560. The standard InChI is InChI=1S/C27H27ClN2O3/c28-24-9-5-4-8-21(24)15-30-16-22(20-6-2-1-3-7-20)13-23(17-30)27(31)29-14-19-10-11-25-26(12-19)33-18-32-25/h1-12,22-23H,13-18H2,(H,29,31). The summed E-state index contributed by atoms with van der Waals surface area (Å²) in [6.45, 7) is 3.06. The minimum absolute atomic E-state index is 0.0810. The number of ether oxygens (including phenoxy) is 2. The van der Waals surface area contributed by atoms with Gasteiger partial charge in [-0.05, 0) is 47.2 Å². The molecule has 5 nitrogen and oxygen atoms in total. The van der Waals surface area contributed by atoms with Gasteiger partial charge in [-0.25, -0.2) is 0 Å². The third kappa shape index (κ3) is 5.15. The molecule has 2 unspecified atom stereocenters. The van der Waals surface area contributed by atoms with Crippen molar-refractivity contribution in [2.75, 3.05) is 19.9 Å². The van der Waals surface area contributed by atoms with Crippen LogP contribution < -0.4 is 14.8 Å². The second kappa shape index (κ2) is 9.86. The van der Waals surface area contributed by atoms with Crippen LogP contribution in [-0.4, -0.2) is 30.7 Å². The van der Waals surface area contributed by atoms with Crippen molar-refractivity contribution < 1.29 is 14.3 Å². The van der Waals surface area contributed by atoms with Crippen molar-refractivity contribution in [3.63, 3.8) is 0 Å². The van der Waals surface area contributed by atoms with Crippen LogP contribution in [0.2, 0.25) is 5.02 Å². The fraction of sp³-hybridized carbons (Fsp3) is 0.296. The Morgan fingerprint density at radius 1 is 0.970 bits per heavy atom. The van der Waals surface area contributed by atoms with E-state index in [1.807, 2.05) is 42.5 Å². The zero-order chi connectivity index (χ0) is 22.6. The van der Waals surface area contributed by atoms with Gasteiger partial charge in [-0.3, -0.25) is 9.69 Å². The molecular weight excluding hydrogens is 436 g/mol. The minimum atomic E-state index is -0.0968. The van der Waals surface area contributed by atoms with Gasteiger partial charge in [0.25, 0.3) is 0 Å². The summed E-state index contributed by atoms with van der Waals surface area (Å²) in [6.07, 6.45) is 0.829. The van der Waals surface area contributed by atoms with Gasteiger partial charge in [0, 0.05) is 31.2 Å². The third-order valence-corrected chi connectivity index (χ3v) is 6.79. The first kappa shape index (κ1) is 21.8. The lowest BCUT2D eigenvalue weighted by Gasteiger charge is -2.37. The molecule has 33 heavy (non-hydrogen) atoms. The van der Waals surface area contributed by atoms with Crippen molar-refractivity contribution in [2.24, 2.45) is 5.92 Å². The van der Waals surface area contributed by atoms with E-state index in [4.69, 9.17) is 21.1 Å². The summed E-state index contributed by atoms with van der Waals surface area (Å²) in [4.78, 5) is 15.6. The summed E-state index contributed by atoms with van der Waals surface area (Å²) < 4.78 is 10.8. The number of nitrogens with zero attached hydrogens (tertiary/aromatic N) is 1. The molecule has 2 atom stereocenters. The Morgan fingerprint density at radius 3 is 2.61 bits per heavy atom. The average Bonchev–Trinajstić information content (AvgIpc) is 3.32. The predicted octanol–water partition coefficient (Wildman–Crippen LogP) is 4.99. The van der Waals surface area contributed by atoms with E-state index < -0.39 is 0 Å². The van der Waals surface area contributed by atoms with E-state index in [0.717, 1.165) is 47.2 Å². The molecular formula is C27H27ClN2O3. The lowest BCUT2D eigenvalue weighted by molar-refractivity contribution is -0.127. The molecule has 170 valence electrons. The summed E-state index contributed by atoms with van der Waals surface area (Å²) in [5.41, 5.74) is 3.36. The number of carbonyl (C=O) groups excluding carboxylic acids is 1. The molecule has 2 aliphatic heterocycles. The normalized spacial score (nSPS) is 19.9. The van der Waals surface area contributed by atoms with Crippen LogP contribution >= 0.6 is 11.6 Å². The maximum Gasteiger partial charge on any atom is 0.231 e. The number of amides is 1. The zero-order valence-electron chi connectivity index (χ0n) is 18.4. The first-order valence-corrected chi connectivity index (χ1v) is 11.7. The number of halogens is 1. The fourth-order valence-electron chi connectivity index (χ4n) is 4.73. The van der Waals surface area contributed by atoms with Crippen molar-refractivity contribution in [2.45, 2.75) is 25.4 Å². The van der Waals surface area contributed by atoms with Crippen molar-refractivity contribution in [1.29, 1.82) is 0 Å². The lowest BCUT2D eigenvalue weighted by atomic mass is 9.84. The Labute approximate surface area is 199 Å². The van der Waals surface area contributed by atoms with Gasteiger partial charge in [0.15, 0.2) is 11.5 Å². The lowest BCUT2D eigenvalue weighted by Crippen LogP contribution is -2.45. The van der Waals surface area contributed by atoms with Crippen LogP contribution in [0.3, 0.4) is 0 Å². The Hall–Kier alpha value is -3.02. The SMILES string of the molecule is O=C(NCc1ccc2c(c1)OCO2)C1CC(c2ccccc2)CN(Cc2ccccc2Cl)C1. The predicted molar refractivity (Wildman–Crippen MR) is 128 cm³/mol. The molecule has 3 aromatic rings. The van der Waals surface area contributed by atoms with Gasteiger partial charge in [-0.15, -0.1) is 0 Å². The molecule has 0 bridgehead atoms. The smallest absolute Gasteiger partial charge is 0.231 e. The van der Waals surface area contributed by atoms with E-state index in [1.165, 1.54) is 5.56 Å². The van der Waals surface area contributed by atoms with Gasteiger partial charge in [0.1, 0.15) is 0 Å². The second-order valence-electron chi connectivity index (χ2n) is 8.73. The van der Waals surface area contributed by atoms with Gasteiger partial charge in [-0.2, -0.15) is 0 Å². The molecule has 3 aromatic carbocycles. The van der Waals surface area contributed by atoms with Crippen molar-refractivity contribution in [3.05, 3.63) is 94.5 Å². The number of carbonyl (C=O) groups is 1. The summed E-state index contributed by atoms with van der Waals surface area (Å²) >= 11 is 6.43. The number of rotatable bonds is 6. The van der Waals surface area contributed by atoms with Crippen LogP contribution in [0.25, 0.3) is 0 Å². The van der Waals surface area contributed by atoms with Crippen LogP contribution in [0.5, 0.6) is 11.5 Å². The zero-order valence-corrected chi connectivity index (χ0v) is 19.1. The Kier molecular flexibility index (Phi) is 6.51. The van der Waals surface area contributed by atoms with Gasteiger partial charge >= 0.3 is 0 Å². The first-order valence-electron chi connectivity index (χ1n) is 11.3. The van der Waals surface area contributed by atoms with E-state index in [2.05, 4.69) is 40.5 Å². The Bertz CT molecular complexity index is 1120. The number of piperidine rings is 1. The number of likely N-dealkylation sites (tertiary alicyclic amines) is 1. The molecule has 1 N–H and O–H groups in total. The monoisotopic (exact) mass is 462 g/mol. The number of hydrogen-bond donors (Lipinski definition) is 1. The largest absolute Gasteiger partial charge is 0.454 e. The number of benzene rings is 3. The molecule has 5 rings (SSSR count). The fourth-order valence-corrected chi connectivity index (χ4v) is 4.92. The molecule has 0 saturated carbocycles. The summed E-state index contributed by atoms with van der Waals surface area (Å²) in [5.74, 6) is 1.76. The number of fused-ring (bicyclic) bond motifs is 1. The van der Waals surface area contributed by atoms with E-state index in [9.17, 15) is 4.79 Å².